The molecule has 0 saturated carbocycles. The van der Waals surface area contributed by atoms with Crippen LogP contribution in [0.2, 0.25) is 0 Å². The van der Waals surface area contributed by atoms with Crippen molar-refractivity contribution in [3.8, 4) is 34.1 Å². The van der Waals surface area contributed by atoms with Crippen LogP contribution < -0.4 is 18.9 Å². The number of likely N-dealkylation sites (N-methyl/N-ethyl adjacent to an activating group) is 1. The predicted molar refractivity (Wildman–Crippen MR) is 95.1 cm³/mol. The number of methoxy groups -OCH3 is 2. The molecule has 0 saturated heterocycles. The molecule has 6 nitrogen and oxygen atoms in total. The summed E-state index contributed by atoms with van der Waals surface area (Å²) >= 11 is 0. The molecular formula is C20H21NO5. The lowest BCUT2D eigenvalue weighted by Crippen LogP contribution is -2.38. The highest BCUT2D eigenvalue weighted by atomic mass is 16.7. The molecule has 136 valence electrons. The normalized spacial score (nSPS) is 22.6. The second-order valence-corrected chi connectivity index (χ2v) is 7.03. The van der Waals surface area contributed by atoms with Crippen molar-refractivity contribution in [2.45, 2.75) is 18.6 Å². The van der Waals surface area contributed by atoms with Gasteiger partial charge >= 0.3 is 0 Å². The van der Waals surface area contributed by atoms with Crippen LogP contribution in [0.25, 0.3) is 11.1 Å². The van der Waals surface area contributed by atoms with Crippen molar-refractivity contribution in [1.82, 2.24) is 4.90 Å². The maximum absolute atomic E-state index is 10.7. The Hall–Kier alpha value is -2.44. The standard InChI is InChI=1S/C20H21NO5/c1-21-8-14(22)12-7-17-20(26-9-25-17)19-11-6-16(24-3)15(23-2)5-10(11)4-13(21)18(12)19/h5-7,13-14,22H,4,8-9H2,1-3H3/t13-,14-/m0/s1. The maximum Gasteiger partial charge on any atom is 0.231 e. The molecule has 2 atom stereocenters. The lowest BCUT2D eigenvalue weighted by atomic mass is 9.76. The fourth-order valence-corrected chi connectivity index (χ4v) is 4.49. The highest BCUT2D eigenvalue weighted by Gasteiger charge is 2.40. The number of hydrogen-bond donors (Lipinski definition) is 1. The molecule has 5 rings (SSSR count). The van der Waals surface area contributed by atoms with Crippen LogP contribution in [-0.2, 0) is 6.42 Å². The van der Waals surface area contributed by atoms with Crippen LogP contribution in [0, 0.1) is 0 Å². The number of aliphatic hydroxyl groups excluding tert-OH is 1. The Bertz CT molecular complexity index is 910. The van der Waals surface area contributed by atoms with Gasteiger partial charge in [-0.2, -0.15) is 0 Å². The minimum atomic E-state index is -0.541. The van der Waals surface area contributed by atoms with Crippen molar-refractivity contribution in [2.24, 2.45) is 0 Å². The molecule has 0 spiro atoms. The number of rotatable bonds is 2. The summed E-state index contributed by atoms with van der Waals surface area (Å²) in [4.78, 5) is 2.21. The van der Waals surface area contributed by atoms with E-state index in [4.69, 9.17) is 18.9 Å². The van der Waals surface area contributed by atoms with E-state index in [9.17, 15) is 5.11 Å². The molecule has 0 bridgehead atoms. The molecule has 0 aromatic heterocycles. The van der Waals surface area contributed by atoms with Gasteiger partial charge < -0.3 is 24.1 Å². The largest absolute Gasteiger partial charge is 0.493 e. The molecule has 6 heteroatoms. The number of β-amino-alcohol motifs (C(OH)–C–C–N with tert-alkyl or cyclic N) is 1. The average molecular weight is 355 g/mol. The van der Waals surface area contributed by atoms with Crippen LogP contribution in [0.3, 0.4) is 0 Å². The van der Waals surface area contributed by atoms with E-state index in [1.165, 1.54) is 5.56 Å². The Morgan fingerprint density at radius 2 is 1.88 bits per heavy atom. The van der Waals surface area contributed by atoms with Gasteiger partial charge in [-0.05, 0) is 53.9 Å². The first kappa shape index (κ1) is 15.8. The molecule has 0 radical (unpaired) electrons. The minimum Gasteiger partial charge on any atom is -0.493 e. The summed E-state index contributed by atoms with van der Waals surface area (Å²) in [5, 5.41) is 10.7. The number of benzene rings is 2. The van der Waals surface area contributed by atoms with Gasteiger partial charge in [-0.1, -0.05) is 0 Å². The van der Waals surface area contributed by atoms with E-state index in [-0.39, 0.29) is 12.8 Å². The maximum atomic E-state index is 10.7. The molecule has 2 aromatic carbocycles. The molecule has 2 heterocycles. The molecule has 3 aliphatic rings. The predicted octanol–water partition coefficient (Wildman–Crippen LogP) is 2.68. The zero-order valence-electron chi connectivity index (χ0n) is 15.0. The van der Waals surface area contributed by atoms with Crippen molar-refractivity contribution in [3.05, 3.63) is 34.9 Å². The van der Waals surface area contributed by atoms with Crippen molar-refractivity contribution in [2.75, 3.05) is 34.6 Å². The van der Waals surface area contributed by atoms with Gasteiger partial charge in [0.05, 0.1) is 20.3 Å². The molecule has 1 aliphatic carbocycles. The molecule has 0 unspecified atom stereocenters. The third-order valence-electron chi connectivity index (χ3n) is 5.71. The van der Waals surface area contributed by atoms with E-state index in [2.05, 4.69) is 11.9 Å². The number of aliphatic hydroxyl groups is 1. The smallest absolute Gasteiger partial charge is 0.231 e. The van der Waals surface area contributed by atoms with Gasteiger partial charge in [-0.3, -0.25) is 4.90 Å². The second kappa shape index (κ2) is 5.53. The van der Waals surface area contributed by atoms with Gasteiger partial charge in [-0.15, -0.1) is 0 Å². The van der Waals surface area contributed by atoms with Crippen molar-refractivity contribution in [3.63, 3.8) is 0 Å². The average Bonchev–Trinajstić information content (AvgIpc) is 3.12. The molecule has 0 fully saturated rings. The Balaban J connectivity index is 1.85. The first-order valence-corrected chi connectivity index (χ1v) is 8.72. The summed E-state index contributed by atoms with van der Waals surface area (Å²) in [7, 11) is 5.34. The van der Waals surface area contributed by atoms with Crippen LogP contribution in [-0.4, -0.2) is 44.6 Å². The van der Waals surface area contributed by atoms with Crippen LogP contribution in [0.15, 0.2) is 18.2 Å². The summed E-state index contributed by atoms with van der Waals surface area (Å²) in [5.41, 5.74) is 5.31. The first-order valence-electron chi connectivity index (χ1n) is 8.72. The minimum absolute atomic E-state index is 0.184. The zero-order valence-corrected chi connectivity index (χ0v) is 15.0. The Kier molecular flexibility index (Phi) is 3.36. The van der Waals surface area contributed by atoms with E-state index >= 15 is 0 Å². The summed E-state index contributed by atoms with van der Waals surface area (Å²) in [6.45, 7) is 0.795. The fourth-order valence-electron chi connectivity index (χ4n) is 4.49. The molecule has 2 aliphatic heterocycles. The summed E-state index contributed by atoms with van der Waals surface area (Å²) in [6.07, 6.45) is 0.305. The summed E-state index contributed by atoms with van der Waals surface area (Å²) < 4.78 is 22.5. The number of hydrogen-bond acceptors (Lipinski definition) is 6. The SMILES string of the molecule is COc1cc2c(cc1OC)-c1c3c(cc4c1[C@H](C2)N(C)C[C@@H]4O)OCO3. The Morgan fingerprint density at radius 1 is 1.12 bits per heavy atom. The van der Waals surface area contributed by atoms with Gasteiger partial charge in [0.25, 0.3) is 0 Å². The molecule has 2 aromatic rings. The molecule has 26 heavy (non-hydrogen) atoms. The van der Waals surface area contributed by atoms with Gasteiger partial charge in [-0.25, -0.2) is 0 Å². The van der Waals surface area contributed by atoms with Gasteiger partial charge in [0.2, 0.25) is 6.79 Å². The van der Waals surface area contributed by atoms with E-state index < -0.39 is 6.10 Å². The van der Waals surface area contributed by atoms with Crippen LogP contribution in [0.4, 0.5) is 0 Å². The van der Waals surface area contributed by atoms with Crippen LogP contribution in [0.5, 0.6) is 23.0 Å². The number of fused-ring (bicyclic) bond motifs is 4. The van der Waals surface area contributed by atoms with Crippen molar-refractivity contribution < 1.29 is 24.1 Å². The Labute approximate surface area is 151 Å². The molecular weight excluding hydrogens is 334 g/mol. The molecule has 0 amide bonds. The third-order valence-corrected chi connectivity index (χ3v) is 5.71. The highest BCUT2D eigenvalue weighted by Crippen LogP contribution is 2.56. The van der Waals surface area contributed by atoms with Gasteiger partial charge in [0, 0.05) is 18.2 Å². The first-order chi connectivity index (χ1) is 12.6. The number of ether oxygens (including phenoxy) is 4. The lowest BCUT2D eigenvalue weighted by Gasteiger charge is -2.42. The topological polar surface area (TPSA) is 60.4 Å². The second-order valence-electron chi connectivity index (χ2n) is 7.03. The van der Waals surface area contributed by atoms with E-state index in [0.717, 1.165) is 40.2 Å². The summed E-state index contributed by atoms with van der Waals surface area (Å²) in [6, 6.07) is 6.18. The quantitative estimate of drug-likeness (QED) is 0.894. The lowest BCUT2D eigenvalue weighted by molar-refractivity contribution is 0.0831. The Morgan fingerprint density at radius 3 is 2.65 bits per heavy atom. The van der Waals surface area contributed by atoms with E-state index in [0.29, 0.717) is 18.0 Å². The summed E-state index contributed by atoms with van der Waals surface area (Å²) in [5.74, 6) is 2.85. The van der Waals surface area contributed by atoms with Gasteiger partial charge in [0.15, 0.2) is 23.0 Å². The van der Waals surface area contributed by atoms with E-state index in [1.54, 1.807) is 14.2 Å². The zero-order chi connectivity index (χ0) is 18.0. The van der Waals surface area contributed by atoms with Crippen molar-refractivity contribution in [1.29, 1.82) is 0 Å². The van der Waals surface area contributed by atoms with Gasteiger partial charge in [0.1, 0.15) is 0 Å². The van der Waals surface area contributed by atoms with Crippen LogP contribution in [0.1, 0.15) is 28.8 Å². The third kappa shape index (κ3) is 2.00. The van der Waals surface area contributed by atoms with Crippen LogP contribution >= 0.6 is 0 Å². The molecule has 1 N–H and O–H groups in total. The van der Waals surface area contributed by atoms with Crippen molar-refractivity contribution >= 4 is 0 Å². The van der Waals surface area contributed by atoms with E-state index in [1.807, 2.05) is 18.2 Å². The monoisotopic (exact) mass is 355 g/mol. The highest BCUT2D eigenvalue weighted by molar-refractivity contribution is 5.85. The fraction of sp³-hybridized carbons (Fsp3) is 0.400. The number of nitrogens with zero attached hydrogens (tertiary/aromatic N) is 1.